The highest BCUT2D eigenvalue weighted by Crippen LogP contribution is 2.39. The molecule has 5 aromatic carbocycles. The molecule has 0 amide bonds. The lowest BCUT2D eigenvalue weighted by Gasteiger charge is -2.22. The van der Waals surface area contributed by atoms with Crippen molar-refractivity contribution < 1.29 is 0 Å². The van der Waals surface area contributed by atoms with Crippen LogP contribution in [-0.4, -0.2) is 17.0 Å². The van der Waals surface area contributed by atoms with Gasteiger partial charge in [-0.2, -0.15) is 0 Å². The van der Waals surface area contributed by atoms with Gasteiger partial charge in [-0.05, 0) is 52.9 Å². The van der Waals surface area contributed by atoms with Crippen LogP contribution in [-0.2, 0) is 7.05 Å². The van der Waals surface area contributed by atoms with Crippen molar-refractivity contribution in [2.75, 3.05) is 0 Å². The molecule has 0 unspecified atom stereocenters. The maximum Gasteiger partial charge on any atom is 0.0681 e. The molecule has 1 heterocycles. The standard InChI is InChI=1S/C25H22N2.C13H11N/c1-25(2)15-14-22(27-3)23(25)24(26)19-11-6-10-18(16-19)21-13-7-9-17-8-4-5-12-20(17)21;1-14-12-8-4-2-6-10(12)11-7-3-5-9-13(11)14/h4-16,26H,3H2,1-2H3;2-9H,1H3. The van der Waals surface area contributed by atoms with Crippen LogP contribution in [0.4, 0.5) is 0 Å². The Bertz CT molecular complexity index is 1960. The molecule has 0 bridgehead atoms. The van der Waals surface area contributed by atoms with E-state index in [0.717, 1.165) is 22.4 Å². The number of para-hydroxylation sites is 2. The van der Waals surface area contributed by atoms with Crippen LogP contribution in [0.15, 0.2) is 144 Å². The predicted molar refractivity (Wildman–Crippen MR) is 176 cm³/mol. The highest BCUT2D eigenvalue weighted by atomic mass is 14.9. The van der Waals surface area contributed by atoms with Crippen LogP contribution >= 0.6 is 0 Å². The predicted octanol–water partition coefficient (Wildman–Crippen LogP) is 9.76. The molecule has 1 aromatic heterocycles. The summed E-state index contributed by atoms with van der Waals surface area (Å²) in [5.41, 5.74) is 7.80. The number of nitrogens with zero attached hydrogens (tertiary/aromatic N) is 2. The average Bonchev–Trinajstić information content (AvgIpc) is 3.49. The lowest BCUT2D eigenvalue weighted by atomic mass is 9.81. The Morgan fingerprint density at radius 2 is 1.32 bits per heavy atom. The first-order chi connectivity index (χ1) is 19.9. The van der Waals surface area contributed by atoms with E-state index in [1.807, 2.05) is 18.2 Å². The number of aryl methyl sites for hydroxylation is 1. The lowest BCUT2D eigenvalue weighted by Crippen LogP contribution is -2.18. The molecule has 200 valence electrons. The van der Waals surface area contributed by atoms with Gasteiger partial charge in [-0.25, -0.2) is 0 Å². The molecule has 0 atom stereocenters. The molecule has 3 heteroatoms. The molecule has 0 spiro atoms. The van der Waals surface area contributed by atoms with Gasteiger partial charge in [0.1, 0.15) is 0 Å². The number of benzene rings is 5. The maximum atomic E-state index is 8.85. The zero-order valence-corrected chi connectivity index (χ0v) is 23.7. The summed E-state index contributed by atoms with van der Waals surface area (Å²) in [6.45, 7) is 7.90. The number of rotatable bonds is 4. The number of hydrogen-bond acceptors (Lipinski definition) is 2. The van der Waals surface area contributed by atoms with E-state index < -0.39 is 0 Å². The summed E-state index contributed by atoms with van der Waals surface area (Å²) in [6.07, 6.45) is 4.06. The number of allylic oxidation sites excluding steroid dienone is 3. The number of nitrogens with one attached hydrogen (secondary N) is 1. The molecular weight excluding hydrogens is 498 g/mol. The van der Waals surface area contributed by atoms with Crippen LogP contribution in [0.5, 0.6) is 0 Å². The first-order valence-electron chi connectivity index (χ1n) is 13.9. The molecule has 0 radical (unpaired) electrons. The molecule has 0 saturated carbocycles. The van der Waals surface area contributed by atoms with Gasteiger partial charge in [-0.3, -0.25) is 10.4 Å². The van der Waals surface area contributed by atoms with Crippen LogP contribution in [0.2, 0.25) is 0 Å². The van der Waals surface area contributed by atoms with Crippen molar-refractivity contribution in [3.8, 4) is 11.1 Å². The minimum absolute atomic E-state index is 0.219. The second-order valence-electron chi connectivity index (χ2n) is 11.0. The van der Waals surface area contributed by atoms with E-state index in [-0.39, 0.29) is 5.41 Å². The van der Waals surface area contributed by atoms with E-state index in [1.54, 1.807) is 0 Å². The summed E-state index contributed by atoms with van der Waals surface area (Å²) in [5.74, 6) is 0. The van der Waals surface area contributed by atoms with E-state index in [9.17, 15) is 0 Å². The van der Waals surface area contributed by atoms with E-state index in [1.165, 1.54) is 38.1 Å². The number of fused-ring (bicyclic) bond motifs is 4. The van der Waals surface area contributed by atoms with Crippen molar-refractivity contribution in [2.45, 2.75) is 13.8 Å². The fourth-order valence-corrected chi connectivity index (χ4v) is 5.95. The Hall–Kier alpha value is -5.02. The van der Waals surface area contributed by atoms with Crippen molar-refractivity contribution in [1.29, 1.82) is 5.41 Å². The molecule has 6 aromatic rings. The zero-order chi connectivity index (χ0) is 28.6. The SMILES string of the molecule is C=NC1=C(C(=N)c2cccc(-c3cccc4ccccc34)c2)C(C)(C)C=C1.Cn1c2ccccc2c2ccccc21. The van der Waals surface area contributed by atoms with Crippen molar-refractivity contribution in [1.82, 2.24) is 4.57 Å². The van der Waals surface area contributed by atoms with Gasteiger partial charge in [0.15, 0.2) is 0 Å². The topological polar surface area (TPSA) is 41.1 Å². The van der Waals surface area contributed by atoms with Gasteiger partial charge in [-0.1, -0.05) is 117 Å². The molecule has 3 nitrogen and oxygen atoms in total. The number of aromatic nitrogens is 1. The Morgan fingerprint density at radius 3 is 2.00 bits per heavy atom. The molecule has 0 fully saturated rings. The summed E-state index contributed by atoms with van der Waals surface area (Å²) in [4.78, 5) is 4.13. The molecule has 0 saturated heterocycles. The number of hydrogen-bond donors (Lipinski definition) is 1. The van der Waals surface area contributed by atoms with Gasteiger partial charge in [0.05, 0.1) is 11.4 Å². The fourth-order valence-electron chi connectivity index (χ4n) is 5.95. The van der Waals surface area contributed by atoms with Crippen molar-refractivity contribution in [2.24, 2.45) is 17.5 Å². The quantitative estimate of drug-likeness (QED) is 0.220. The molecule has 0 aliphatic heterocycles. The molecule has 41 heavy (non-hydrogen) atoms. The fraction of sp³-hybridized carbons (Fsp3) is 0.105. The molecular formula is C38H33N3. The Labute approximate surface area is 241 Å². The van der Waals surface area contributed by atoms with Crippen LogP contribution in [0.1, 0.15) is 19.4 Å². The minimum atomic E-state index is -0.219. The van der Waals surface area contributed by atoms with Gasteiger partial charge in [-0.15, -0.1) is 0 Å². The van der Waals surface area contributed by atoms with E-state index >= 15 is 0 Å². The third-order valence-electron chi connectivity index (χ3n) is 8.05. The van der Waals surface area contributed by atoms with E-state index in [0.29, 0.717) is 5.71 Å². The van der Waals surface area contributed by atoms with E-state index in [4.69, 9.17) is 5.41 Å². The van der Waals surface area contributed by atoms with Gasteiger partial charge in [0.25, 0.3) is 0 Å². The van der Waals surface area contributed by atoms with Crippen LogP contribution < -0.4 is 0 Å². The maximum absolute atomic E-state index is 8.85. The first kappa shape index (κ1) is 26.2. The van der Waals surface area contributed by atoms with Crippen molar-refractivity contribution >= 4 is 45.0 Å². The van der Waals surface area contributed by atoms with Crippen molar-refractivity contribution in [3.05, 3.63) is 144 Å². The van der Waals surface area contributed by atoms with Gasteiger partial charge >= 0.3 is 0 Å². The zero-order valence-electron chi connectivity index (χ0n) is 23.7. The average molecular weight is 532 g/mol. The first-order valence-corrected chi connectivity index (χ1v) is 13.9. The molecule has 7 rings (SSSR count). The monoisotopic (exact) mass is 531 g/mol. The minimum Gasteiger partial charge on any atom is -0.344 e. The van der Waals surface area contributed by atoms with Gasteiger partial charge in [0, 0.05) is 45.4 Å². The normalized spacial score (nSPS) is 13.9. The molecule has 1 N–H and O–H groups in total. The highest BCUT2D eigenvalue weighted by Gasteiger charge is 2.31. The number of aliphatic imine (C=N–C) groups is 1. The summed E-state index contributed by atoms with van der Waals surface area (Å²) in [5, 5.41) is 14.0. The van der Waals surface area contributed by atoms with Gasteiger partial charge in [0.2, 0.25) is 0 Å². The summed E-state index contributed by atoms with van der Waals surface area (Å²) in [6, 6.07) is 40.0. The summed E-state index contributed by atoms with van der Waals surface area (Å²) in [7, 11) is 2.12. The second kappa shape index (κ2) is 10.5. The smallest absolute Gasteiger partial charge is 0.0681 e. The van der Waals surface area contributed by atoms with Gasteiger partial charge < -0.3 is 4.57 Å². The molecule has 1 aliphatic carbocycles. The second-order valence-corrected chi connectivity index (χ2v) is 11.0. The Kier molecular flexibility index (Phi) is 6.72. The Morgan fingerprint density at radius 1 is 0.732 bits per heavy atom. The van der Waals surface area contributed by atoms with E-state index in [2.05, 4.69) is 146 Å². The van der Waals surface area contributed by atoms with Crippen LogP contribution in [0, 0.1) is 10.8 Å². The third-order valence-corrected chi connectivity index (χ3v) is 8.05. The van der Waals surface area contributed by atoms with Crippen LogP contribution in [0.25, 0.3) is 43.7 Å². The van der Waals surface area contributed by atoms with Crippen LogP contribution in [0.3, 0.4) is 0 Å². The summed E-state index contributed by atoms with van der Waals surface area (Å²) >= 11 is 0. The van der Waals surface area contributed by atoms with Crippen molar-refractivity contribution in [3.63, 3.8) is 0 Å². The summed E-state index contributed by atoms with van der Waals surface area (Å²) < 4.78 is 2.24. The lowest BCUT2D eigenvalue weighted by molar-refractivity contribution is 0.611. The largest absolute Gasteiger partial charge is 0.344 e. The third kappa shape index (κ3) is 4.70. The highest BCUT2D eigenvalue weighted by molar-refractivity contribution is 6.13. The Balaban J connectivity index is 0.000000180. The molecule has 1 aliphatic rings.